The molecule has 1 N–H and O–H groups in total. The van der Waals surface area contributed by atoms with Gasteiger partial charge < -0.3 is 9.72 Å². The number of rotatable bonds is 3. The first-order valence-corrected chi connectivity index (χ1v) is 5.38. The number of nitrogens with one attached hydrogen (secondary N) is 1. The molecule has 0 aliphatic heterocycles. The maximum Gasteiger partial charge on any atom is 0.251 e. The van der Waals surface area contributed by atoms with Gasteiger partial charge in [-0.05, 0) is 24.3 Å². The van der Waals surface area contributed by atoms with E-state index in [4.69, 9.17) is 0 Å². The zero-order valence-electron chi connectivity index (χ0n) is 9.68. The third-order valence-corrected chi connectivity index (χ3v) is 2.57. The van der Waals surface area contributed by atoms with Crippen LogP contribution in [0.1, 0.15) is 5.56 Å². The Hall–Kier alpha value is -2.29. The lowest BCUT2D eigenvalue weighted by Gasteiger charge is -2.01. The largest absolute Gasteiger partial charge is 0.355 e. The van der Waals surface area contributed by atoms with Crippen molar-refractivity contribution in [2.45, 2.75) is 0 Å². The number of fused-ring (bicyclic) bond motifs is 1. The molecule has 0 aromatic carbocycles. The standard InChI is InChI=1S/C14H14N2O/c1-3-6-13(14(17)15-2)11-9-12-7-4-5-8-16(12)10-11/h3-10H,1H2,2H3,(H,15,17)/b13-6-. The number of carbonyl (C=O) groups excluding carboxylic acids is 1. The summed E-state index contributed by atoms with van der Waals surface area (Å²) in [5.74, 6) is -0.110. The Bertz CT molecular complexity index is 560. The molecule has 0 bridgehead atoms. The second-order valence-electron chi connectivity index (χ2n) is 3.66. The molecule has 86 valence electrons. The van der Waals surface area contributed by atoms with Gasteiger partial charge in [0.1, 0.15) is 0 Å². The lowest BCUT2D eigenvalue weighted by Crippen LogP contribution is -2.18. The highest BCUT2D eigenvalue weighted by atomic mass is 16.1. The number of hydrogen-bond donors (Lipinski definition) is 1. The number of likely N-dealkylation sites (N-methyl/N-ethyl adjacent to an activating group) is 1. The molecule has 0 saturated heterocycles. The van der Waals surface area contributed by atoms with Gasteiger partial charge in [0.25, 0.3) is 5.91 Å². The van der Waals surface area contributed by atoms with Gasteiger partial charge in [-0.15, -0.1) is 0 Å². The van der Waals surface area contributed by atoms with Gasteiger partial charge in [0.05, 0.1) is 0 Å². The molecule has 0 aliphatic carbocycles. The van der Waals surface area contributed by atoms with E-state index in [1.165, 1.54) is 0 Å². The van der Waals surface area contributed by atoms with Gasteiger partial charge >= 0.3 is 0 Å². The molecule has 0 atom stereocenters. The Labute approximate surface area is 100 Å². The SMILES string of the molecule is C=C/C=C(\C(=O)NC)c1cc2ccccn2c1. The van der Waals surface area contributed by atoms with Gasteiger partial charge in [-0.2, -0.15) is 0 Å². The molecule has 17 heavy (non-hydrogen) atoms. The molecule has 0 aliphatic rings. The Balaban J connectivity index is 2.53. The monoisotopic (exact) mass is 226 g/mol. The number of amides is 1. The Kier molecular flexibility index (Phi) is 3.10. The maximum atomic E-state index is 11.7. The predicted octanol–water partition coefficient (Wildman–Crippen LogP) is 2.25. The number of hydrogen-bond acceptors (Lipinski definition) is 1. The molecule has 0 fully saturated rings. The summed E-state index contributed by atoms with van der Waals surface area (Å²) in [6.45, 7) is 3.63. The van der Waals surface area contributed by atoms with E-state index in [0.717, 1.165) is 11.1 Å². The van der Waals surface area contributed by atoms with Gasteiger partial charge in [0.15, 0.2) is 0 Å². The minimum Gasteiger partial charge on any atom is -0.355 e. The van der Waals surface area contributed by atoms with Crippen LogP contribution in [0.25, 0.3) is 11.1 Å². The Morgan fingerprint density at radius 1 is 1.47 bits per heavy atom. The second-order valence-corrected chi connectivity index (χ2v) is 3.66. The summed E-state index contributed by atoms with van der Waals surface area (Å²) in [6, 6.07) is 7.90. The summed E-state index contributed by atoms with van der Waals surface area (Å²) < 4.78 is 1.98. The quantitative estimate of drug-likeness (QED) is 0.632. The summed E-state index contributed by atoms with van der Waals surface area (Å²) in [6.07, 6.45) is 7.22. The summed E-state index contributed by atoms with van der Waals surface area (Å²) in [5, 5.41) is 2.63. The van der Waals surface area contributed by atoms with Crippen LogP contribution in [0, 0.1) is 0 Å². The van der Waals surface area contributed by atoms with Crippen molar-refractivity contribution in [3.63, 3.8) is 0 Å². The Morgan fingerprint density at radius 3 is 2.94 bits per heavy atom. The molecular formula is C14H14N2O. The van der Waals surface area contributed by atoms with Crippen molar-refractivity contribution < 1.29 is 4.79 Å². The zero-order chi connectivity index (χ0) is 12.3. The van der Waals surface area contributed by atoms with Crippen LogP contribution in [0.2, 0.25) is 0 Å². The van der Waals surface area contributed by atoms with Crippen molar-refractivity contribution in [3.05, 3.63) is 61.0 Å². The number of pyridine rings is 1. The molecule has 0 spiro atoms. The van der Waals surface area contributed by atoms with E-state index in [-0.39, 0.29) is 5.91 Å². The van der Waals surface area contributed by atoms with E-state index in [0.29, 0.717) is 5.57 Å². The van der Waals surface area contributed by atoms with Crippen LogP contribution in [0.3, 0.4) is 0 Å². The molecule has 2 rings (SSSR count). The first kappa shape index (κ1) is 11.2. The van der Waals surface area contributed by atoms with Crippen molar-refractivity contribution in [2.75, 3.05) is 7.05 Å². The fourth-order valence-corrected chi connectivity index (χ4v) is 1.76. The van der Waals surface area contributed by atoms with Crippen molar-refractivity contribution in [2.24, 2.45) is 0 Å². The number of allylic oxidation sites excluding steroid dienone is 2. The van der Waals surface area contributed by atoms with Crippen LogP contribution in [0.4, 0.5) is 0 Å². The van der Waals surface area contributed by atoms with Gasteiger partial charge in [0.2, 0.25) is 0 Å². The van der Waals surface area contributed by atoms with E-state index < -0.39 is 0 Å². The molecule has 0 saturated carbocycles. The molecule has 3 nitrogen and oxygen atoms in total. The summed E-state index contributed by atoms with van der Waals surface area (Å²) in [7, 11) is 1.62. The Morgan fingerprint density at radius 2 is 2.29 bits per heavy atom. The molecule has 3 heteroatoms. The van der Waals surface area contributed by atoms with Crippen LogP contribution < -0.4 is 5.32 Å². The van der Waals surface area contributed by atoms with Gasteiger partial charge in [0, 0.05) is 36.1 Å². The topological polar surface area (TPSA) is 33.5 Å². The highest BCUT2D eigenvalue weighted by Gasteiger charge is 2.11. The van der Waals surface area contributed by atoms with Gasteiger partial charge in [-0.25, -0.2) is 0 Å². The maximum absolute atomic E-state index is 11.7. The number of nitrogens with zero attached hydrogens (tertiary/aromatic N) is 1. The predicted molar refractivity (Wildman–Crippen MR) is 69.6 cm³/mol. The number of carbonyl (C=O) groups is 1. The van der Waals surface area contributed by atoms with Crippen LogP contribution in [-0.2, 0) is 4.79 Å². The minimum atomic E-state index is -0.110. The van der Waals surface area contributed by atoms with E-state index in [1.807, 2.05) is 41.1 Å². The third kappa shape index (κ3) is 2.13. The first-order valence-electron chi connectivity index (χ1n) is 5.38. The van der Waals surface area contributed by atoms with Crippen molar-refractivity contribution in [3.8, 4) is 0 Å². The second kappa shape index (κ2) is 4.70. The van der Waals surface area contributed by atoms with E-state index in [1.54, 1.807) is 19.2 Å². The lowest BCUT2D eigenvalue weighted by molar-refractivity contribution is -0.115. The third-order valence-electron chi connectivity index (χ3n) is 2.57. The van der Waals surface area contributed by atoms with Crippen LogP contribution in [0.5, 0.6) is 0 Å². The van der Waals surface area contributed by atoms with Crippen LogP contribution in [0.15, 0.2) is 55.4 Å². The van der Waals surface area contributed by atoms with Crippen molar-refractivity contribution >= 4 is 17.0 Å². The van der Waals surface area contributed by atoms with E-state index in [2.05, 4.69) is 11.9 Å². The first-order chi connectivity index (χ1) is 8.26. The van der Waals surface area contributed by atoms with Crippen LogP contribution in [-0.4, -0.2) is 17.4 Å². The number of aromatic nitrogens is 1. The lowest BCUT2D eigenvalue weighted by atomic mass is 10.1. The normalized spacial score (nSPS) is 11.5. The fraction of sp³-hybridized carbons (Fsp3) is 0.0714. The van der Waals surface area contributed by atoms with Gasteiger partial charge in [-0.3, -0.25) is 4.79 Å². The van der Waals surface area contributed by atoms with Crippen molar-refractivity contribution in [1.82, 2.24) is 9.72 Å². The van der Waals surface area contributed by atoms with Crippen LogP contribution >= 0.6 is 0 Å². The van der Waals surface area contributed by atoms with Crippen molar-refractivity contribution in [1.29, 1.82) is 0 Å². The summed E-state index contributed by atoms with van der Waals surface area (Å²) in [4.78, 5) is 11.7. The fourth-order valence-electron chi connectivity index (χ4n) is 1.76. The van der Waals surface area contributed by atoms with E-state index in [9.17, 15) is 4.79 Å². The molecule has 2 aromatic heterocycles. The smallest absolute Gasteiger partial charge is 0.251 e. The highest BCUT2D eigenvalue weighted by molar-refractivity contribution is 6.19. The summed E-state index contributed by atoms with van der Waals surface area (Å²) >= 11 is 0. The molecule has 0 unspecified atom stereocenters. The summed E-state index contributed by atoms with van der Waals surface area (Å²) in [5.41, 5.74) is 2.56. The highest BCUT2D eigenvalue weighted by Crippen LogP contribution is 2.18. The zero-order valence-corrected chi connectivity index (χ0v) is 9.68. The molecular weight excluding hydrogens is 212 g/mol. The molecule has 1 amide bonds. The molecule has 2 heterocycles. The molecule has 2 aromatic rings. The average Bonchev–Trinajstić information content (AvgIpc) is 2.78. The molecule has 0 radical (unpaired) electrons. The average molecular weight is 226 g/mol. The van der Waals surface area contributed by atoms with Gasteiger partial charge in [-0.1, -0.05) is 18.7 Å². The minimum absolute atomic E-state index is 0.110. The van der Waals surface area contributed by atoms with E-state index >= 15 is 0 Å².